The van der Waals surface area contributed by atoms with Crippen molar-refractivity contribution in [1.82, 2.24) is 5.43 Å². The van der Waals surface area contributed by atoms with Crippen molar-refractivity contribution in [3.63, 3.8) is 0 Å². The monoisotopic (exact) mass is 477 g/mol. The molecular weight excluding hydrogens is 454 g/mol. The molecule has 0 bridgehead atoms. The molecule has 8 heteroatoms. The lowest BCUT2D eigenvalue weighted by Gasteiger charge is -2.13. The first-order valence-corrected chi connectivity index (χ1v) is 11.2. The van der Waals surface area contributed by atoms with Crippen molar-refractivity contribution in [2.45, 2.75) is 0 Å². The summed E-state index contributed by atoms with van der Waals surface area (Å²) in [6.07, 6.45) is 1.55. The van der Waals surface area contributed by atoms with Gasteiger partial charge in [0.1, 0.15) is 22.8 Å². The fourth-order valence-electron chi connectivity index (χ4n) is 3.86. The third kappa shape index (κ3) is 4.60. The zero-order valence-corrected chi connectivity index (χ0v) is 19.4. The van der Waals surface area contributed by atoms with Crippen LogP contribution in [0.15, 0.2) is 113 Å². The number of methoxy groups -OCH3 is 1. The van der Waals surface area contributed by atoms with E-state index in [2.05, 4.69) is 20.8 Å². The Kier molecular flexibility index (Phi) is 6.31. The first-order chi connectivity index (χ1) is 17.6. The van der Waals surface area contributed by atoms with Crippen molar-refractivity contribution < 1.29 is 14.3 Å². The maximum absolute atomic E-state index is 13.3. The summed E-state index contributed by atoms with van der Waals surface area (Å²) in [4.78, 5) is 18.0. The zero-order chi connectivity index (χ0) is 24.9. The van der Waals surface area contributed by atoms with Gasteiger partial charge in [0, 0.05) is 11.3 Å². The minimum absolute atomic E-state index is 0.0251. The van der Waals surface area contributed by atoms with Crippen LogP contribution >= 0.6 is 0 Å². The van der Waals surface area contributed by atoms with E-state index in [1.807, 2.05) is 72.8 Å². The van der Waals surface area contributed by atoms with E-state index in [0.717, 1.165) is 22.0 Å². The molecule has 1 aliphatic heterocycles. The number of hydrogen-bond acceptors (Lipinski definition) is 7. The number of benzene rings is 4. The number of rotatable bonds is 5. The third-order valence-electron chi connectivity index (χ3n) is 5.57. The van der Waals surface area contributed by atoms with Crippen LogP contribution in [0.3, 0.4) is 0 Å². The molecule has 4 aromatic carbocycles. The Balaban J connectivity index is 1.48. The Bertz CT molecular complexity index is 1530. The first kappa shape index (κ1) is 22.7. The number of anilines is 1. The van der Waals surface area contributed by atoms with Gasteiger partial charge in [-0.05, 0) is 41.1 Å². The second-order valence-electron chi connectivity index (χ2n) is 7.86. The van der Waals surface area contributed by atoms with Crippen molar-refractivity contribution in [2.24, 2.45) is 15.8 Å². The highest BCUT2D eigenvalue weighted by Gasteiger charge is 2.26. The van der Waals surface area contributed by atoms with Gasteiger partial charge in [-0.25, -0.2) is 10.4 Å². The van der Waals surface area contributed by atoms with Crippen molar-refractivity contribution >= 4 is 40.1 Å². The van der Waals surface area contributed by atoms with Crippen LogP contribution in [0.2, 0.25) is 0 Å². The molecule has 5 rings (SSSR count). The van der Waals surface area contributed by atoms with Crippen molar-refractivity contribution in [3.05, 3.63) is 108 Å². The second-order valence-corrected chi connectivity index (χ2v) is 7.86. The summed E-state index contributed by atoms with van der Waals surface area (Å²) in [6.45, 7) is 0. The van der Waals surface area contributed by atoms with Crippen molar-refractivity contribution in [1.29, 1.82) is 0 Å². The molecule has 36 heavy (non-hydrogen) atoms. The molecule has 0 saturated heterocycles. The van der Waals surface area contributed by atoms with Crippen molar-refractivity contribution in [3.8, 4) is 11.5 Å². The van der Waals surface area contributed by atoms with Gasteiger partial charge in [0.2, 0.25) is 5.88 Å². The molecule has 1 heterocycles. The van der Waals surface area contributed by atoms with Crippen LogP contribution in [0, 0.1) is 0 Å². The van der Waals surface area contributed by atoms with E-state index in [-0.39, 0.29) is 17.3 Å². The molecule has 4 N–H and O–H groups in total. The van der Waals surface area contributed by atoms with Crippen LogP contribution in [-0.2, 0) is 4.79 Å². The lowest BCUT2D eigenvalue weighted by Crippen LogP contribution is -2.32. The van der Waals surface area contributed by atoms with Gasteiger partial charge in [0.05, 0.1) is 13.3 Å². The van der Waals surface area contributed by atoms with Crippen LogP contribution < -0.4 is 25.9 Å². The summed E-state index contributed by atoms with van der Waals surface area (Å²) in [5.74, 6) is 0.621. The fraction of sp³-hybridized carbons (Fsp3) is 0.0357. The van der Waals surface area contributed by atoms with Crippen LogP contribution in [0.25, 0.3) is 10.8 Å². The predicted molar refractivity (Wildman–Crippen MR) is 142 cm³/mol. The SMILES string of the molecule is COc1ccc2ccccc2c1/C=N/NC(=O)C1=C(N)Oc2ccccc2N=C1Nc1ccccc1. The van der Waals surface area contributed by atoms with Crippen LogP contribution in [0.1, 0.15) is 5.56 Å². The second kappa shape index (κ2) is 10.0. The first-order valence-electron chi connectivity index (χ1n) is 11.2. The normalized spacial score (nSPS) is 13.0. The highest BCUT2D eigenvalue weighted by molar-refractivity contribution is 6.26. The van der Waals surface area contributed by atoms with Crippen LogP contribution in [0.5, 0.6) is 11.5 Å². The quantitative estimate of drug-likeness (QED) is 0.285. The predicted octanol–water partition coefficient (Wildman–Crippen LogP) is 4.70. The van der Waals surface area contributed by atoms with Crippen molar-refractivity contribution in [2.75, 3.05) is 12.4 Å². The number of carbonyl (C=O) groups excluding carboxylic acids is 1. The highest BCUT2D eigenvalue weighted by Crippen LogP contribution is 2.32. The van der Waals surface area contributed by atoms with E-state index in [1.54, 1.807) is 31.5 Å². The molecule has 0 unspecified atom stereocenters. The van der Waals surface area contributed by atoms with Gasteiger partial charge in [0.15, 0.2) is 5.75 Å². The van der Waals surface area contributed by atoms with Crippen LogP contribution in [0.4, 0.5) is 11.4 Å². The number of hydrogen-bond donors (Lipinski definition) is 3. The average molecular weight is 478 g/mol. The molecule has 0 spiro atoms. The largest absolute Gasteiger partial charge is 0.496 e. The Hall–Kier alpha value is -5.11. The van der Waals surface area contributed by atoms with Gasteiger partial charge < -0.3 is 20.5 Å². The number of aliphatic imine (C=N–C) groups is 1. The average Bonchev–Trinajstić information content (AvgIpc) is 3.04. The third-order valence-corrected chi connectivity index (χ3v) is 5.57. The number of nitrogens with two attached hydrogens (primary N) is 1. The zero-order valence-electron chi connectivity index (χ0n) is 19.4. The summed E-state index contributed by atoms with van der Waals surface area (Å²) in [5.41, 5.74) is 10.8. The molecule has 1 amide bonds. The molecule has 0 radical (unpaired) electrons. The van der Waals surface area contributed by atoms with Gasteiger partial charge >= 0.3 is 0 Å². The molecule has 0 aliphatic carbocycles. The summed E-state index contributed by atoms with van der Waals surface area (Å²) in [6, 6.07) is 28.2. The number of nitrogens with one attached hydrogen (secondary N) is 2. The number of ether oxygens (including phenoxy) is 2. The Labute approximate surface area is 207 Å². The van der Waals surface area contributed by atoms with Gasteiger partial charge in [-0.3, -0.25) is 4.79 Å². The van der Waals surface area contributed by atoms with E-state index in [9.17, 15) is 4.79 Å². The fourth-order valence-corrected chi connectivity index (χ4v) is 3.86. The summed E-state index contributed by atoms with van der Waals surface area (Å²) in [7, 11) is 1.59. The Morgan fingerprint density at radius 2 is 1.72 bits per heavy atom. The van der Waals surface area contributed by atoms with Gasteiger partial charge in [-0.2, -0.15) is 5.10 Å². The Morgan fingerprint density at radius 1 is 0.972 bits per heavy atom. The van der Waals surface area contributed by atoms with Crippen LogP contribution in [-0.4, -0.2) is 25.1 Å². The van der Waals surface area contributed by atoms with E-state index < -0.39 is 5.91 Å². The molecule has 0 saturated carbocycles. The number of hydrazone groups is 1. The smallest absolute Gasteiger partial charge is 0.280 e. The molecular formula is C28H23N5O3. The number of carbonyl (C=O) groups is 1. The van der Waals surface area contributed by atoms with Gasteiger partial charge in [0.25, 0.3) is 5.91 Å². The molecule has 0 atom stereocenters. The minimum atomic E-state index is -0.585. The highest BCUT2D eigenvalue weighted by atomic mass is 16.5. The molecule has 1 aliphatic rings. The molecule has 0 fully saturated rings. The topological polar surface area (TPSA) is 110 Å². The molecule has 4 aromatic rings. The maximum atomic E-state index is 13.3. The van der Waals surface area contributed by atoms with E-state index in [4.69, 9.17) is 15.2 Å². The lowest BCUT2D eigenvalue weighted by molar-refractivity contribution is -0.117. The summed E-state index contributed by atoms with van der Waals surface area (Å²) >= 11 is 0. The number of para-hydroxylation sites is 3. The number of amides is 1. The Morgan fingerprint density at radius 3 is 2.56 bits per heavy atom. The molecule has 8 nitrogen and oxygen atoms in total. The summed E-state index contributed by atoms with van der Waals surface area (Å²) < 4.78 is 11.3. The lowest BCUT2D eigenvalue weighted by atomic mass is 10.0. The minimum Gasteiger partial charge on any atom is -0.496 e. The number of fused-ring (bicyclic) bond motifs is 2. The molecule has 0 aromatic heterocycles. The van der Waals surface area contributed by atoms with Gasteiger partial charge in [-0.1, -0.05) is 60.7 Å². The van der Waals surface area contributed by atoms with Gasteiger partial charge in [-0.15, -0.1) is 0 Å². The molecule has 178 valence electrons. The standard InChI is InChI=1S/C28H23N5O3/c1-35-23-16-15-18-9-5-6-12-20(18)21(23)17-30-33-28(34)25-26(29)36-24-14-8-7-13-22(24)32-27(25)31-19-10-3-2-4-11-19/h2-17H,29H2,1H3,(H,31,32)(H,33,34)/b30-17+. The number of nitrogens with zero attached hydrogens (tertiary/aromatic N) is 2. The number of amidine groups is 1. The van der Waals surface area contributed by atoms with E-state index in [0.29, 0.717) is 17.2 Å². The van der Waals surface area contributed by atoms with E-state index >= 15 is 0 Å². The summed E-state index contributed by atoms with van der Waals surface area (Å²) in [5, 5.41) is 9.33. The maximum Gasteiger partial charge on any atom is 0.280 e. The van der Waals surface area contributed by atoms with E-state index in [1.165, 1.54) is 0 Å².